The van der Waals surface area contributed by atoms with Crippen LogP contribution in [0.15, 0.2) is 97.1 Å². The van der Waals surface area contributed by atoms with Gasteiger partial charge in [0.2, 0.25) is 53.2 Å². The molecule has 5 rings (SSSR count). The molecule has 0 unspecified atom stereocenters. The number of aliphatic hydroxyl groups excluding tert-OH is 1. The number of halogens is 1. The zero-order valence-corrected chi connectivity index (χ0v) is 45.6. The molecule has 0 saturated carbocycles. The van der Waals surface area contributed by atoms with Gasteiger partial charge in [-0.1, -0.05) is 71.9 Å². The molecule has 81 heavy (non-hydrogen) atoms. The first-order valence-corrected chi connectivity index (χ1v) is 27.0. The summed E-state index contributed by atoms with van der Waals surface area (Å²) >= 11 is 6.48. The van der Waals surface area contributed by atoms with E-state index in [-0.39, 0.29) is 62.1 Å². The van der Waals surface area contributed by atoms with E-state index in [0.29, 0.717) is 45.5 Å². The van der Waals surface area contributed by atoms with Gasteiger partial charge in [-0.3, -0.25) is 47.9 Å². The third kappa shape index (κ3) is 20.4. The molecular weight excluding hydrogens is 1090 g/mol. The fraction of sp³-hybridized carbons (Fsp3) is 0.370. The first-order chi connectivity index (χ1) is 38.5. The van der Waals surface area contributed by atoms with Crippen LogP contribution < -0.4 is 65.5 Å². The van der Waals surface area contributed by atoms with E-state index < -0.39 is 125 Å². The molecule has 1 aliphatic heterocycles. The zero-order valence-electron chi connectivity index (χ0n) is 44.0. The second-order valence-electron chi connectivity index (χ2n) is 19.2. The summed E-state index contributed by atoms with van der Waals surface area (Å²) in [5.74, 6) is -9.58. The number of nitrogens with two attached hydrogens (primary N) is 4. The molecule has 1 saturated heterocycles. The fourth-order valence-electron chi connectivity index (χ4n) is 8.22. The first-order valence-electron chi connectivity index (χ1n) is 25.6. The Morgan fingerprint density at radius 3 is 1.72 bits per heavy atom. The number of hydrogen-bond acceptors (Lipinski definition) is 16. The van der Waals surface area contributed by atoms with Crippen LogP contribution in [-0.4, -0.2) is 147 Å². The molecule has 1 fully saturated rings. The molecular formula is C54H67ClN12O13S. The lowest BCUT2D eigenvalue weighted by atomic mass is 10.00. The van der Waals surface area contributed by atoms with Gasteiger partial charge in [0.15, 0.2) is 0 Å². The Labute approximate surface area is 475 Å². The number of primary amides is 2. The SMILES string of the molecule is C[C@@H](O)[C@@H]1NC(=O)[C@H](CCCCN)NC(=O)[C@@H](Cc2ccc(C(N)=O)cc2)NC(=O)[C@H](Cc2ccc(O)cc2)NC(=O)[C@H](NC(=O)[C@@H](N)Cc2ccc(Cl)cc2)CSC(=O)NC[C@@H](C(=O)N[C@H](Cc2ccc(O)cc2)C(N)=O)NC1=O. The van der Waals surface area contributed by atoms with Crippen molar-refractivity contribution in [1.29, 1.82) is 0 Å². The van der Waals surface area contributed by atoms with Crippen LogP contribution in [0.5, 0.6) is 11.5 Å². The van der Waals surface area contributed by atoms with Crippen molar-refractivity contribution in [3.8, 4) is 11.5 Å². The third-order valence-electron chi connectivity index (χ3n) is 12.8. The molecule has 25 nitrogen and oxygen atoms in total. The van der Waals surface area contributed by atoms with Gasteiger partial charge in [-0.05, 0) is 110 Å². The number of rotatable bonds is 19. The summed E-state index contributed by atoms with van der Waals surface area (Å²) in [5.41, 5.74) is 25.2. The number of amides is 10. The van der Waals surface area contributed by atoms with Crippen LogP contribution in [0.2, 0.25) is 5.02 Å². The van der Waals surface area contributed by atoms with Crippen LogP contribution in [0.1, 0.15) is 58.8 Å². The predicted octanol–water partition coefficient (Wildman–Crippen LogP) is -1.71. The number of benzene rings is 4. The normalized spacial score (nSPS) is 20.9. The van der Waals surface area contributed by atoms with Gasteiger partial charge in [0.1, 0.15) is 53.8 Å². The smallest absolute Gasteiger partial charge is 0.279 e. The number of carbonyl (C=O) groups excluding carboxylic acids is 10. The lowest BCUT2D eigenvalue weighted by Gasteiger charge is -2.28. The Morgan fingerprint density at radius 2 is 1.17 bits per heavy atom. The molecule has 4 aromatic carbocycles. The van der Waals surface area contributed by atoms with Gasteiger partial charge < -0.3 is 80.8 Å². The summed E-state index contributed by atoms with van der Waals surface area (Å²) in [6.07, 6.45) is -1.99. The lowest BCUT2D eigenvalue weighted by molar-refractivity contribution is -0.137. The second-order valence-corrected chi connectivity index (χ2v) is 20.6. The number of unbranched alkanes of at least 4 members (excludes halogenated alkanes) is 1. The van der Waals surface area contributed by atoms with Gasteiger partial charge in [-0.25, -0.2) is 0 Å². The highest BCUT2D eigenvalue weighted by atomic mass is 35.5. The lowest BCUT2D eigenvalue weighted by Crippen LogP contribution is -2.63. The number of nitrogens with one attached hydrogen (secondary N) is 8. The first kappa shape index (κ1) is 63.5. The highest BCUT2D eigenvalue weighted by molar-refractivity contribution is 8.13. The maximum atomic E-state index is 14.7. The van der Waals surface area contributed by atoms with Gasteiger partial charge in [-0.2, -0.15) is 0 Å². The van der Waals surface area contributed by atoms with Gasteiger partial charge in [0, 0.05) is 42.1 Å². The molecule has 10 amide bonds. The summed E-state index contributed by atoms with van der Waals surface area (Å²) in [4.78, 5) is 139. The number of aromatic hydroxyl groups is 2. The summed E-state index contributed by atoms with van der Waals surface area (Å²) in [6, 6.07) is 10.8. The third-order valence-corrected chi connectivity index (χ3v) is 14.0. The minimum Gasteiger partial charge on any atom is -0.508 e. The average molecular weight is 1160 g/mol. The summed E-state index contributed by atoms with van der Waals surface area (Å²) in [7, 11) is 0. The number of carbonyl (C=O) groups is 10. The van der Waals surface area contributed by atoms with Gasteiger partial charge in [0.05, 0.1) is 12.1 Å². The Bertz CT molecular complexity index is 2870. The molecule has 0 aromatic heterocycles. The molecule has 0 aliphatic carbocycles. The van der Waals surface area contributed by atoms with Crippen molar-refractivity contribution in [3.63, 3.8) is 0 Å². The molecule has 0 bridgehead atoms. The Balaban J connectivity index is 1.58. The molecule has 0 radical (unpaired) electrons. The minimum absolute atomic E-state index is 0.0306. The predicted molar refractivity (Wildman–Crippen MR) is 299 cm³/mol. The molecule has 9 atom stereocenters. The molecule has 4 aromatic rings. The molecule has 19 N–H and O–H groups in total. The van der Waals surface area contributed by atoms with Crippen LogP contribution >= 0.6 is 23.4 Å². The molecule has 434 valence electrons. The van der Waals surface area contributed by atoms with Crippen LogP contribution in [0.3, 0.4) is 0 Å². The highest BCUT2D eigenvalue weighted by Crippen LogP contribution is 2.17. The number of aliphatic hydroxyl groups is 1. The summed E-state index contributed by atoms with van der Waals surface area (Å²) in [6.45, 7) is 0.601. The van der Waals surface area contributed by atoms with E-state index in [1.165, 1.54) is 72.8 Å². The van der Waals surface area contributed by atoms with E-state index in [1.54, 1.807) is 24.3 Å². The molecule has 1 aliphatic rings. The Hall–Kier alpha value is -8.30. The van der Waals surface area contributed by atoms with E-state index >= 15 is 0 Å². The van der Waals surface area contributed by atoms with Gasteiger partial charge in [-0.15, -0.1) is 0 Å². The molecule has 1 heterocycles. The highest BCUT2D eigenvalue weighted by Gasteiger charge is 2.37. The summed E-state index contributed by atoms with van der Waals surface area (Å²) in [5, 5.41) is 50.5. The van der Waals surface area contributed by atoms with E-state index in [9.17, 15) is 63.3 Å². The van der Waals surface area contributed by atoms with Gasteiger partial charge in [0.25, 0.3) is 5.24 Å². The van der Waals surface area contributed by atoms with E-state index in [2.05, 4.69) is 42.5 Å². The van der Waals surface area contributed by atoms with Crippen LogP contribution in [0.4, 0.5) is 4.79 Å². The quantitative estimate of drug-likeness (QED) is 0.0465. The van der Waals surface area contributed by atoms with Crippen molar-refractivity contribution in [2.45, 2.75) is 106 Å². The van der Waals surface area contributed by atoms with Crippen LogP contribution in [0, 0.1) is 0 Å². The fourth-order valence-corrected chi connectivity index (χ4v) is 9.09. The van der Waals surface area contributed by atoms with Crippen molar-refractivity contribution in [1.82, 2.24) is 42.5 Å². The number of hydrogen-bond donors (Lipinski definition) is 15. The average Bonchev–Trinajstić information content (AvgIpc) is 3.44. The van der Waals surface area contributed by atoms with E-state index in [0.717, 1.165) is 6.92 Å². The monoisotopic (exact) mass is 1160 g/mol. The largest absolute Gasteiger partial charge is 0.508 e. The minimum atomic E-state index is -1.85. The van der Waals surface area contributed by atoms with Crippen molar-refractivity contribution in [2.75, 3.05) is 18.8 Å². The van der Waals surface area contributed by atoms with Crippen LogP contribution in [0.25, 0.3) is 0 Å². The number of phenolic OH excluding ortho intramolecular Hbond substituents is 2. The molecule has 27 heteroatoms. The van der Waals surface area contributed by atoms with Crippen LogP contribution in [-0.2, 0) is 64.0 Å². The maximum absolute atomic E-state index is 14.7. The zero-order chi connectivity index (χ0) is 59.3. The Kier molecular flexibility index (Phi) is 24.2. The van der Waals surface area contributed by atoms with Crippen molar-refractivity contribution in [3.05, 3.63) is 130 Å². The number of phenols is 2. The second kappa shape index (κ2) is 30.9. The standard InChI is InChI=1S/C54H67ClN12O13S/c1-28(68)44-53(79)65-42(51(77)62-39(46(59)72)23-31-9-17-35(69)18-10-31)26-60-54(80)81-27-43(66-47(73)37(57)22-29-7-15-34(55)16-8-29)52(78)64-41(25-32-11-19-36(70)20-12-32)50(76)63-40(24-30-5-13-33(14-6-30)45(58)71)49(75)61-38(48(74)67-44)4-2-3-21-56/h5-20,28,37-44,68-70H,2-4,21-27,56-57H2,1H3,(H2,58,71)(H2,59,72)(H,60,80)(H,61,75)(H,62,77)(H,63,76)(H,64,78)(H,65,79)(H,66,73)(H,67,74)/t28-,37+,38+,39-,40-,41+,42+,43-,44+/m1/s1. The maximum Gasteiger partial charge on any atom is 0.279 e. The van der Waals surface area contributed by atoms with Crippen molar-refractivity contribution < 1.29 is 63.3 Å². The van der Waals surface area contributed by atoms with Crippen molar-refractivity contribution >= 4 is 81.8 Å². The number of thioether (sulfide) groups is 1. The van der Waals surface area contributed by atoms with Crippen molar-refractivity contribution in [2.24, 2.45) is 22.9 Å². The van der Waals surface area contributed by atoms with E-state index in [4.69, 9.17) is 34.5 Å². The Morgan fingerprint density at radius 1 is 0.667 bits per heavy atom. The van der Waals surface area contributed by atoms with Gasteiger partial charge >= 0.3 is 0 Å². The molecule has 0 spiro atoms. The topological polar surface area (TPSA) is 432 Å². The van der Waals surface area contributed by atoms with E-state index in [1.807, 2.05) is 0 Å². The summed E-state index contributed by atoms with van der Waals surface area (Å²) < 4.78 is 0.